The number of fused-ring (bicyclic) bond motifs is 1. The van der Waals surface area contributed by atoms with Crippen LogP contribution in [0.3, 0.4) is 0 Å². The Morgan fingerprint density at radius 3 is 2.10 bits per heavy atom. The average Bonchev–Trinajstić information content (AvgIpc) is 2.34. The number of rotatable bonds is 2. The van der Waals surface area contributed by atoms with Crippen LogP contribution in [0.5, 0.6) is 0 Å². The zero-order chi connectivity index (χ0) is 16.1. The van der Waals surface area contributed by atoms with Crippen LogP contribution in [-0.2, 0) is 6.42 Å². The fourth-order valence-electron chi connectivity index (χ4n) is 4.23. The largest absolute Gasteiger partial charge is 0.0646 e. The molecule has 0 fully saturated rings. The third kappa shape index (κ3) is 2.82. The second kappa shape index (κ2) is 5.00. The quantitative estimate of drug-likeness (QED) is 0.581. The maximum Gasteiger partial charge on any atom is -0.00926 e. The molecule has 0 heterocycles. The minimum absolute atomic E-state index is 0.207. The highest BCUT2D eigenvalue weighted by molar-refractivity contribution is 5.78. The summed E-state index contributed by atoms with van der Waals surface area (Å²) in [5.74, 6) is 0. The smallest absolute Gasteiger partial charge is 0.00926 e. The van der Waals surface area contributed by atoms with Crippen LogP contribution in [0.1, 0.15) is 72.9 Å². The highest BCUT2D eigenvalue weighted by Crippen LogP contribution is 2.55. The van der Waals surface area contributed by atoms with Crippen molar-refractivity contribution in [2.75, 3.05) is 0 Å². The summed E-state index contributed by atoms with van der Waals surface area (Å²) >= 11 is 0. The van der Waals surface area contributed by atoms with E-state index in [1.165, 1.54) is 17.5 Å². The molecule has 0 unspecified atom stereocenters. The van der Waals surface area contributed by atoms with Gasteiger partial charge >= 0.3 is 0 Å². The van der Waals surface area contributed by atoms with E-state index in [1.807, 2.05) is 0 Å². The molecule has 0 saturated heterocycles. The van der Waals surface area contributed by atoms with E-state index >= 15 is 0 Å². The van der Waals surface area contributed by atoms with Crippen LogP contribution in [0.15, 0.2) is 29.8 Å². The third-order valence-corrected chi connectivity index (χ3v) is 5.16. The van der Waals surface area contributed by atoms with Crippen molar-refractivity contribution < 1.29 is 0 Å². The molecule has 0 aliphatic heterocycles. The molecule has 0 saturated carbocycles. The summed E-state index contributed by atoms with van der Waals surface area (Å²) < 4.78 is 0. The van der Waals surface area contributed by atoms with Crippen molar-refractivity contribution in [1.82, 2.24) is 0 Å². The SMILES string of the molecule is CCC(C)(C)C1=C(C(C)(C)C)C(C)(C)Cc2ccccc21. The molecule has 0 N–H and O–H groups in total. The highest BCUT2D eigenvalue weighted by Gasteiger charge is 2.42. The third-order valence-electron chi connectivity index (χ3n) is 5.16. The lowest BCUT2D eigenvalue weighted by Crippen LogP contribution is -2.35. The van der Waals surface area contributed by atoms with E-state index < -0.39 is 0 Å². The molecule has 1 aliphatic rings. The molecule has 1 aromatic rings. The predicted octanol–water partition coefficient (Wildman–Crippen LogP) is 6.50. The molecule has 0 atom stereocenters. The molecule has 0 nitrogen and oxygen atoms in total. The first-order chi connectivity index (χ1) is 9.50. The number of allylic oxidation sites excluding steroid dienone is 2. The minimum atomic E-state index is 0.207. The van der Waals surface area contributed by atoms with E-state index in [9.17, 15) is 0 Å². The Bertz CT molecular complexity index is 562. The standard InChI is InChI=1S/C21H32/c1-9-20(5,6)17-16-13-11-10-12-15(16)14-21(7,8)18(17)19(2,3)4/h10-13H,9,14H2,1-8H3. The van der Waals surface area contributed by atoms with Gasteiger partial charge in [0.2, 0.25) is 0 Å². The van der Waals surface area contributed by atoms with E-state index in [-0.39, 0.29) is 16.2 Å². The van der Waals surface area contributed by atoms with Crippen molar-refractivity contribution in [3.05, 3.63) is 41.0 Å². The summed E-state index contributed by atoms with van der Waals surface area (Å²) in [4.78, 5) is 0. The Balaban J connectivity index is 2.87. The van der Waals surface area contributed by atoms with Gasteiger partial charge in [0.25, 0.3) is 0 Å². The first-order valence-corrected chi connectivity index (χ1v) is 8.35. The van der Waals surface area contributed by atoms with Gasteiger partial charge in [-0.2, -0.15) is 0 Å². The first kappa shape index (κ1) is 16.3. The minimum Gasteiger partial charge on any atom is -0.0646 e. The molecule has 2 rings (SSSR count). The molecule has 0 spiro atoms. The lowest BCUT2D eigenvalue weighted by atomic mass is 9.57. The Kier molecular flexibility index (Phi) is 3.89. The molecule has 0 heteroatoms. The maximum atomic E-state index is 2.43. The van der Waals surface area contributed by atoms with Crippen LogP contribution in [-0.4, -0.2) is 0 Å². The Morgan fingerprint density at radius 2 is 1.57 bits per heavy atom. The zero-order valence-corrected chi connectivity index (χ0v) is 15.2. The van der Waals surface area contributed by atoms with Crippen LogP contribution >= 0.6 is 0 Å². The monoisotopic (exact) mass is 284 g/mol. The van der Waals surface area contributed by atoms with E-state index in [0.29, 0.717) is 0 Å². The lowest BCUT2D eigenvalue weighted by molar-refractivity contribution is 0.318. The topological polar surface area (TPSA) is 0 Å². The Hall–Kier alpha value is -1.04. The summed E-state index contributed by atoms with van der Waals surface area (Å²) in [6.07, 6.45) is 2.32. The van der Waals surface area contributed by atoms with Gasteiger partial charge < -0.3 is 0 Å². The average molecular weight is 284 g/mol. The maximum absolute atomic E-state index is 2.43. The van der Waals surface area contributed by atoms with Crippen molar-refractivity contribution >= 4 is 5.57 Å². The van der Waals surface area contributed by atoms with Crippen molar-refractivity contribution in [1.29, 1.82) is 0 Å². The van der Waals surface area contributed by atoms with Crippen molar-refractivity contribution in [3.8, 4) is 0 Å². The van der Waals surface area contributed by atoms with Gasteiger partial charge in [0, 0.05) is 0 Å². The Morgan fingerprint density at radius 1 is 1.00 bits per heavy atom. The fraction of sp³-hybridized carbons (Fsp3) is 0.619. The van der Waals surface area contributed by atoms with Crippen LogP contribution < -0.4 is 0 Å². The van der Waals surface area contributed by atoms with E-state index in [2.05, 4.69) is 79.7 Å². The Labute approximate surface area is 131 Å². The van der Waals surface area contributed by atoms with Gasteiger partial charge in [-0.1, -0.05) is 85.2 Å². The summed E-state index contributed by atoms with van der Waals surface area (Å²) in [7, 11) is 0. The van der Waals surface area contributed by atoms with Gasteiger partial charge in [-0.15, -0.1) is 0 Å². The van der Waals surface area contributed by atoms with E-state index in [4.69, 9.17) is 0 Å². The molecule has 0 bridgehead atoms. The number of hydrogen-bond acceptors (Lipinski definition) is 0. The van der Waals surface area contributed by atoms with Crippen LogP contribution in [0.2, 0.25) is 0 Å². The van der Waals surface area contributed by atoms with Crippen LogP contribution in [0.4, 0.5) is 0 Å². The van der Waals surface area contributed by atoms with E-state index in [1.54, 1.807) is 11.1 Å². The summed E-state index contributed by atoms with van der Waals surface area (Å²) in [6, 6.07) is 9.04. The second-order valence-electron chi connectivity index (χ2n) is 8.96. The molecule has 0 radical (unpaired) electrons. The number of hydrogen-bond donors (Lipinski definition) is 0. The summed E-state index contributed by atoms with van der Waals surface area (Å²) in [5, 5.41) is 0. The van der Waals surface area contributed by atoms with Crippen molar-refractivity contribution in [2.45, 2.75) is 68.2 Å². The lowest BCUT2D eigenvalue weighted by Gasteiger charge is -2.47. The molecule has 1 aromatic carbocycles. The molecular weight excluding hydrogens is 252 g/mol. The molecule has 21 heavy (non-hydrogen) atoms. The van der Waals surface area contributed by atoms with Gasteiger partial charge in [0.1, 0.15) is 0 Å². The van der Waals surface area contributed by atoms with Gasteiger partial charge in [-0.25, -0.2) is 0 Å². The number of benzene rings is 1. The molecule has 0 amide bonds. The fourth-order valence-corrected chi connectivity index (χ4v) is 4.23. The van der Waals surface area contributed by atoms with Crippen LogP contribution in [0.25, 0.3) is 5.57 Å². The molecule has 1 aliphatic carbocycles. The van der Waals surface area contributed by atoms with Gasteiger partial charge in [-0.3, -0.25) is 0 Å². The van der Waals surface area contributed by atoms with Crippen molar-refractivity contribution in [3.63, 3.8) is 0 Å². The van der Waals surface area contributed by atoms with Gasteiger partial charge in [-0.05, 0) is 45.8 Å². The van der Waals surface area contributed by atoms with Crippen LogP contribution in [0, 0.1) is 16.2 Å². The highest BCUT2D eigenvalue weighted by atomic mass is 14.5. The van der Waals surface area contributed by atoms with E-state index in [0.717, 1.165) is 6.42 Å². The predicted molar refractivity (Wildman–Crippen MR) is 94.4 cm³/mol. The summed E-state index contributed by atoms with van der Waals surface area (Å²) in [5.41, 5.74) is 6.93. The first-order valence-electron chi connectivity index (χ1n) is 8.35. The molecule has 116 valence electrons. The normalized spacial score (nSPS) is 18.7. The van der Waals surface area contributed by atoms with Gasteiger partial charge in [0.15, 0.2) is 0 Å². The second-order valence-corrected chi connectivity index (χ2v) is 8.96. The molecular formula is C21H32. The van der Waals surface area contributed by atoms with Gasteiger partial charge in [0.05, 0.1) is 0 Å². The summed E-state index contributed by atoms with van der Waals surface area (Å²) in [6.45, 7) is 19.1. The molecule has 0 aromatic heterocycles. The zero-order valence-electron chi connectivity index (χ0n) is 15.2. The van der Waals surface area contributed by atoms with Crippen molar-refractivity contribution in [2.24, 2.45) is 16.2 Å².